The van der Waals surface area contributed by atoms with E-state index in [2.05, 4.69) is 37.0 Å². The zero-order valence-electron chi connectivity index (χ0n) is 6.56. The van der Waals surface area contributed by atoms with Crippen molar-refractivity contribution < 1.29 is 4.74 Å². The molecule has 64 valence electrons. The Bertz CT molecular complexity index is 246. The molecular weight excluding hydrogens is 188 g/mol. The predicted octanol–water partition coefficient (Wildman–Crippen LogP) is 2.46. The summed E-state index contributed by atoms with van der Waals surface area (Å²) in [4.78, 5) is 0. The Balaban J connectivity index is 2.29. The van der Waals surface area contributed by atoms with E-state index in [4.69, 9.17) is 4.74 Å². The normalized spacial score (nSPS) is 9.42. The first kappa shape index (κ1) is 9.55. The second-order valence-electron chi connectivity index (χ2n) is 2.35. The van der Waals surface area contributed by atoms with Gasteiger partial charge in [-0.2, -0.15) is 0 Å². The van der Waals surface area contributed by atoms with Crippen LogP contribution in [0.15, 0.2) is 30.3 Å². The highest BCUT2D eigenvalue weighted by molar-refractivity contribution is 8.10. The van der Waals surface area contributed by atoms with Crippen LogP contribution < -0.4 is 0 Å². The van der Waals surface area contributed by atoms with Gasteiger partial charge in [0.1, 0.15) is 0 Å². The molecular formula is C9H10OS2. The van der Waals surface area contributed by atoms with E-state index < -0.39 is 0 Å². The fourth-order valence-corrected chi connectivity index (χ4v) is 1.08. The molecule has 12 heavy (non-hydrogen) atoms. The smallest absolute Gasteiger partial charge is 0.216 e. The molecule has 0 saturated carbocycles. The fraction of sp³-hybridized carbons (Fsp3) is 0.222. The SMILES string of the molecule is S=C(S)OCCc1ccccc1. The maximum Gasteiger partial charge on any atom is 0.216 e. The molecule has 0 radical (unpaired) electrons. The molecule has 0 N–H and O–H groups in total. The minimum Gasteiger partial charge on any atom is -0.478 e. The molecule has 0 aromatic heterocycles. The second-order valence-corrected chi connectivity index (χ2v) is 3.43. The standard InChI is InChI=1S/C9H10OS2/c11-9(12)10-7-6-8-4-2-1-3-5-8/h1-5H,6-7H2,(H,11,12). The van der Waals surface area contributed by atoms with E-state index in [1.807, 2.05) is 18.2 Å². The van der Waals surface area contributed by atoms with Crippen LogP contribution in [-0.2, 0) is 11.2 Å². The molecule has 0 fully saturated rings. The van der Waals surface area contributed by atoms with Crippen molar-refractivity contribution in [2.45, 2.75) is 6.42 Å². The summed E-state index contributed by atoms with van der Waals surface area (Å²) in [6.45, 7) is 0.604. The van der Waals surface area contributed by atoms with Gasteiger partial charge in [-0.25, -0.2) is 0 Å². The van der Waals surface area contributed by atoms with Crippen LogP contribution in [0.1, 0.15) is 5.56 Å². The van der Waals surface area contributed by atoms with E-state index in [0.717, 1.165) is 6.42 Å². The molecule has 3 heteroatoms. The highest BCUT2D eigenvalue weighted by atomic mass is 32.1. The number of hydrogen-bond acceptors (Lipinski definition) is 2. The average Bonchev–Trinajstić information content (AvgIpc) is 2.05. The van der Waals surface area contributed by atoms with Crippen LogP contribution in [0.3, 0.4) is 0 Å². The topological polar surface area (TPSA) is 9.23 Å². The van der Waals surface area contributed by atoms with Gasteiger partial charge in [0, 0.05) is 6.42 Å². The number of benzene rings is 1. The molecule has 0 bridgehead atoms. The van der Waals surface area contributed by atoms with E-state index in [1.54, 1.807) is 0 Å². The summed E-state index contributed by atoms with van der Waals surface area (Å²) in [6.07, 6.45) is 0.877. The van der Waals surface area contributed by atoms with Gasteiger partial charge in [0.05, 0.1) is 6.61 Å². The Hall–Kier alpha value is -0.540. The van der Waals surface area contributed by atoms with Crippen molar-refractivity contribution in [1.82, 2.24) is 0 Å². The Morgan fingerprint density at radius 3 is 2.58 bits per heavy atom. The van der Waals surface area contributed by atoms with E-state index >= 15 is 0 Å². The lowest BCUT2D eigenvalue weighted by Crippen LogP contribution is -1.99. The van der Waals surface area contributed by atoms with Gasteiger partial charge in [-0.05, 0) is 17.8 Å². The molecule has 1 aromatic rings. The maximum atomic E-state index is 5.04. The van der Waals surface area contributed by atoms with Gasteiger partial charge in [-0.3, -0.25) is 0 Å². The molecule has 0 aliphatic carbocycles. The van der Waals surface area contributed by atoms with Gasteiger partial charge in [0.15, 0.2) is 0 Å². The van der Waals surface area contributed by atoms with Gasteiger partial charge >= 0.3 is 0 Å². The third-order valence-electron chi connectivity index (χ3n) is 1.46. The zero-order valence-corrected chi connectivity index (χ0v) is 8.28. The van der Waals surface area contributed by atoms with Crippen LogP contribution in [0.5, 0.6) is 0 Å². The molecule has 0 unspecified atom stereocenters. The molecule has 1 nitrogen and oxygen atoms in total. The molecule has 0 heterocycles. The van der Waals surface area contributed by atoms with Crippen molar-refractivity contribution in [3.8, 4) is 0 Å². The summed E-state index contributed by atoms with van der Waals surface area (Å²) in [5.74, 6) is 0. The minimum absolute atomic E-state index is 0.311. The molecule has 0 aliphatic heterocycles. The molecule has 1 rings (SSSR count). The van der Waals surface area contributed by atoms with Crippen molar-refractivity contribution in [2.75, 3.05) is 6.61 Å². The lowest BCUT2D eigenvalue weighted by molar-refractivity contribution is 0.327. The van der Waals surface area contributed by atoms with Crippen molar-refractivity contribution in [2.24, 2.45) is 0 Å². The van der Waals surface area contributed by atoms with Crippen LogP contribution >= 0.6 is 24.8 Å². The quantitative estimate of drug-likeness (QED) is 0.590. The van der Waals surface area contributed by atoms with Gasteiger partial charge in [-0.15, -0.1) is 0 Å². The largest absolute Gasteiger partial charge is 0.478 e. The minimum atomic E-state index is 0.311. The van der Waals surface area contributed by atoms with Gasteiger partial charge in [0.25, 0.3) is 0 Å². The van der Waals surface area contributed by atoms with Gasteiger partial charge in [-0.1, -0.05) is 43.0 Å². The number of thiol groups is 1. The van der Waals surface area contributed by atoms with Crippen LogP contribution in [0.2, 0.25) is 0 Å². The number of thiocarbonyl (C=S) groups is 1. The van der Waals surface area contributed by atoms with E-state index in [0.29, 0.717) is 11.0 Å². The van der Waals surface area contributed by atoms with E-state index in [9.17, 15) is 0 Å². The third-order valence-corrected chi connectivity index (χ3v) is 1.71. The van der Waals surface area contributed by atoms with E-state index in [1.165, 1.54) is 5.56 Å². The molecule has 0 saturated heterocycles. The fourth-order valence-electron chi connectivity index (χ4n) is 0.901. The highest BCUT2D eigenvalue weighted by Gasteiger charge is 1.92. The molecule has 1 aromatic carbocycles. The summed E-state index contributed by atoms with van der Waals surface area (Å²) in [5.41, 5.74) is 1.25. The Labute approximate surface area is 83.2 Å². The summed E-state index contributed by atoms with van der Waals surface area (Å²) >= 11 is 8.51. The summed E-state index contributed by atoms with van der Waals surface area (Å²) in [5, 5.41) is 0. The first-order valence-electron chi connectivity index (χ1n) is 3.68. The number of rotatable bonds is 3. The second kappa shape index (κ2) is 5.17. The first-order chi connectivity index (χ1) is 5.79. The van der Waals surface area contributed by atoms with Crippen molar-refractivity contribution in [1.29, 1.82) is 0 Å². The van der Waals surface area contributed by atoms with Gasteiger partial charge in [0.2, 0.25) is 4.38 Å². The van der Waals surface area contributed by atoms with Gasteiger partial charge < -0.3 is 4.74 Å². The Kier molecular flexibility index (Phi) is 4.11. The monoisotopic (exact) mass is 198 g/mol. The summed E-state index contributed by atoms with van der Waals surface area (Å²) in [6, 6.07) is 10.1. The maximum absolute atomic E-state index is 5.04. The van der Waals surface area contributed by atoms with Crippen molar-refractivity contribution >= 4 is 29.2 Å². The third kappa shape index (κ3) is 3.74. The number of ether oxygens (including phenoxy) is 1. The summed E-state index contributed by atoms with van der Waals surface area (Å²) in [7, 11) is 0. The lowest BCUT2D eigenvalue weighted by atomic mass is 10.2. The lowest BCUT2D eigenvalue weighted by Gasteiger charge is -2.02. The first-order valence-corrected chi connectivity index (χ1v) is 4.54. The molecule has 0 amide bonds. The average molecular weight is 198 g/mol. The van der Waals surface area contributed by atoms with E-state index in [-0.39, 0.29) is 0 Å². The van der Waals surface area contributed by atoms with Crippen LogP contribution in [0.25, 0.3) is 0 Å². The highest BCUT2D eigenvalue weighted by Crippen LogP contribution is 2.00. The van der Waals surface area contributed by atoms with Crippen LogP contribution in [0.4, 0.5) is 0 Å². The molecule has 0 aliphatic rings. The molecule has 0 atom stereocenters. The van der Waals surface area contributed by atoms with Crippen molar-refractivity contribution in [3.05, 3.63) is 35.9 Å². The van der Waals surface area contributed by atoms with Crippen LogP contribution in [-0.4, -0.2) is 11.0 Å². The Morgan fingerprint density at radius 1 is 1.33 bits per heavy atom. The number of hydrogen-bond donors (Lipinski definition) is 1. The Morgan fingerprint density at radius 2 is 2.00 bits per heavy atom. The zero-order chi connectivity index (χ0) is 8.81. The van der Waals surface area contributed by atoms with Crippen molar-refractivity contribution in [3.63, 3.8) is 0 Å². The summed E-state index contributed by atoms with van der Waals surface area (Å²) < 4.78 is 5.35. The molecule has 0 spiro atoms. The van der Waals surface area contributed by atoms with Crippen LogP contribution in [0, 0.1) is 0 Å². The predicted molar refractivity (Wildman–Crippen MR) is 57.7 cm³/mol.